The van der Waals surface area contributed by atoms with Gasteiger partial charge in [0.25, 0.3) is 0 Å². The van der Waals surface area contributed by atoms with Crippen molar-refractivity contribution in [3.63, 3.8) is 0 Å². The highest BCUT2D eigenvalue weighted by Crippen LogP contribution is 2.47. The van der Waals surface area contributed by atoms with Gasteiger partial charge >= 0.3 is 0 Å². The van der Waals surface area contributed by atoms with Crippen LogP contribution in [0.4, 0.5) is 0 Å². The summed E-state index contributed by atoms with van der Waals surface area (Å²) in [6.45, 7) is 6.64. The summed E-state index contributed by atoms with van der Waals surface area (Å²) in [5.41, 5.74) is -0.0572. The first-order valence-corrected chi connectivity index (χ1v) is 9.52. The average Bonchev–Trinajstić information content (AvgIpc) is 2.69. The van der Waals surface area contributed by atoms with Crippen molar-refractivity contribution >= 4 is 0 Å². The average molecular weight is 373 g/mol. The molecule has 4 heteroatoms. The van der Waals surface area contributed by atoms with Gasteiger partial charge < -0.3 is 20.4 Å². The molecule has 2 aromatic carbocycles. The zero-order valence-electron chi connectivity index (χ0n) is 16.7. The Labute approximate surface area is 162 Å². The Kier molecular flexibility index (Phi) is 6.82. The Morgan fingerprint density at radius 2 is 1.33 bits per heavy atom. The second-order valence-electron chi connectivity index (χ2n) is 7.99. The number of hydrogen-bond donors (Lipinski definition) is 4. The van der Waals surface area contributed by atoms with E-state index in [2.05, 4.69) is 19.9 Å². The second kappa shape index (κ2) is 8.53. The van der Waals surface area contributed by atoms with Crippen molar-refractivity contribution in [2.24, 2.45) is 5.41 Å². The summed E-state index contributed by atoms with van der Waals surface area (Å²) in [7, 11) is 0. The first-order chi connectivity index (χ1) is 12.8. The van der Waals surface area contributed by atoms with E-state index in [1.165, 1.54) is 0 Å². The lowest BCUT2D eigenvalue weighted by atomic mass is 9.64. The highest BCUT2D eigenvalue weighted by molar-refractivity contribution is 5.47. The van der Waals surface area contributed by atoms with E-state index in [0.717, 1.165) is 11.1 Å². The number of aliphatic hydroxyl groups excluding tert-OH is 3. The molecule has 0 fully saturated rings. The third-order valence-electron chi connectivity index (χ3n) is 5.62. The standard InChI is InChI=1S/C23H32O4/c1-16(2)18-10-11-21(20(12-18)17(3)4)23(27,19-8-6-5-7-9-19)22(13-24,14-25)15-26/h5-12,16-17,24-27H,13-15H2,1-4H3. The van der Waals surface area contributed by atoms with E-state index in [9.17, 15) is 20.4 Å². The van der Waals surface area contributed by atoms with E-state index >= 15 is 0 Å². The molecule has 27 heavy (non-hydrogen) atoms. The smallest absolute Gasteiger partial charge is 0.127 e. The van der Waals surface area contributed by atoms with Crippen LogP contribution in [0.25, 0.3) is 0 Å². The fraction of sp³-hybridized carbons (Fsp3) is 0.478. The summed E-state index contributed by atoms with van der Waals surface area (Å²) in [5, 5.41) is 42.4. The molecular weight excluding hydrogens is 340 g/mol. The van der Waals surface area contributed by atoms with Gasteiger partial charge in [0.05, 0.1) is 25.2 Å². The molecule has 0 saturated carbocycles. The van der Waals surface area contributed by atoms with E-state index in [4.69, 9.17) is 0 Å². The zero-order chi connectivity index (χ0) is 20.2. The lowest BCUT2D eigenvalue weighted by molar-refractivity contribution is -0.136. The van der Waals surface area contributed by atoms with Crippen molar-refractivity contribution < 1.29 is 20.4 Å². The van der Waals surface area contributed by atoms with Crippen LogP contribution in [0.3, 0.4) is 0 Å². The SMILES string of the molecule is CC(C)c1ccc(C(O)(c2ccccc2)C(CO)(CO)CO)c(C(C)C)c1. The lowest BCUT2D eigenvalue weighted by Crippen LogP contribution is -2.54. The second-order valence-corrected chi connectivity index (χ2v) is 7.99. The van der Waals surface area contributed by atoms with Crippen LogP contribution < -0.4 is 0 Å². The molecule has 2 rings (SSSR count). The maximum absolute atomic E-state index is 12.0. The van der Waals surface area contributed by atoms with Crippen molar-refractivity contribution in [1.82, 2.24) is 0 Å². The summed E-state index contributed by atoms with van der Waals surface area (Å²) in [4.78, 5) is 0. The summed E-state index contributed by atoms with van der Waals surface area (Å²) in [6, 6.07) is 14.9. The topological polar surface area (TPSA) is 80.9 Å². The number of benzene rings is 2. The van der Waals surface area contributed by atoms with Gasteiger partial charge in [-0.2, -0.15) is 0 Å². The van der Waals surface area contributed by atoms with E-state index < -0.39 is 30.8 Å². The zero-order valence-corrected chi connectivity index (χ0v) is 16.7. The monoisotopic (exact) mass is 372 g/mol. The van der Waals surface area contributed by atoms with Crippen molar-refractivity contribution in [3.8, 4) is 0 Å². The minimum absolute atomic E-state index is 0.114. The van der Waals surface area contributed by atoms with Gasteiger partial charge in [0, 0.05) is 0 Å². The van der Waals surface area contributed by atoms with Crippen LogP contribution in [0, 0.1) is 5.41 Å². The van der Waals surface area contributed by atoms with Crippen LogP contribution in [0.1, 0.15) is 61.8 Å². The van der Waals surface area contributed by atoms with Gasteiger partial charge in [0.2, 0.25) is 0 Å². The molecule has 148 valence electrons. The Morgan fingerprint density at radius 3 is 1.78 bits per heavy atom. The molecular formula is C23H32O4. The quantitative estimate of drug-likeness (QED) is 0.574. The Balaban J connectivity index is 2.87. The largest absolute Gasteiger partial charge is 0.395 e. The Bertz CT molecular complexity index is 727. The molecule has 0 aliphatic rings. The van der Waals surface area contributed by atoms with Gasteiger partial charge in [0.1, 0.15) is 5.60 Å². The number of aliphatic hydroxyl groups is 4. The fourth-order valence-electron chi connectivity index (χ4n) is 3.67. The van der Waals surface area contributed by atoms with Crippen molar-refractivity contribution in [2.75, 3.05) is 19.8 Å². The Hall–Kier alpha value is -1.72. The maximum Gasteiger partial charge on any atom is 0.127 e. The van der Waals surface area contributed by atoms with E-state index in [1.54, 1.807) is 24.3 Å². The van der Waals surface area contributed by atoms with Gasteiger partial charge in [-0.05, 0) is 34.1 Å². The third-order valence-corrected chi connectivity index (χ3v) is 5.62. The van der Waals surface area contributed by atoms with Crippen LogP contribution in [0.15, 0.2) is 48.5 Å². The summed E-state index contributed by atoms with van der Waals surface area (Å²) in [5.74, 6) is 0.447. The maximum atomic E-state index is 12.0. The van der Waals surface area contributed by atoms with Crippen LogP contribution >= 0.6 is 0 Å². The highest BCUT2D eigenvalue weighted by Gasteiger charge is 2.53. The summed E-state index contributed by atoms with van der Waals surface area (Å²) in [6.07, 6.45) is 0. The highest BCUT2D eigenvalue weighted by atomic mass is 16.3. The molecule has 0 radical (unpaired) electrons. The van der Waals surface area contributed by atoms with Crippen molar-refractivity contribution in [3.05, 3.63) is 70.8 Å². The van der Waals surface area contributed by atoms with Gasteiger partial charge in [-0.15, -0.1) is 0 Å². The first kappa shape index (κ1) is 21.6. The molecule has 4 N–H and O–H groups in total. The van der Waals surface area contributed by atoms with E-state index in [-0.39, 0.29) is 5.92 Å². The Morgan fingerprint density at radius 1 is 0.778 bits per heavy atom. The number of rotatable bonds is 8. The molecule has 0 saturated heterocycles. The molecule has 0 aliphatic carbocycles. The molecule has 2 aromatic rings. The molecule has 0 bridgehead atoms. The van der Waals surface area contributed by atoms with Crippen molar-refractivity contribution in [2.45, 2.75) is 45.1 Å². The molecule has 4 nitrogen and oxygen atoms in total. The van der Waals surface area contributed by atoms with E-state index in [1.807, 2.05) is 32.0 Å². The summed E-state index contributed by atoms with van der Waals surface area (Å²) >= 11 is 0. The fourth-order valence-corrected chi connectivity index (χ4v) is 3.67. The molecule has 1 unspecified atom stereocenters. The van der Waals surface area contributed by atoms with Gasteiger partial charge in [0.15, 0.2) is 0 Å². The van der Waals surface area contributed by atoms with Gasteiger partial charge in [-0.1, -0.05) is 76.2 Å². The van der Waals surface area contributed by atoms with Crippen LogP contribution in [0.2, 0.25) is 0 Å². The summed E-state index contributed by atoms with van der Waals surface area (Å²) < 4.78 is 0. The molecule has 0 spiro atoms. The van der Waals surface area contributed by atoms with E-state index in [0.29, 0.717) is 17.0 Å². The minimum Gasteiger partial charge on any atom is -0.395 e. The minimum atomic E-state index is -1.75. The number of hydrogen-bond acceptors (Lipinski definition) is 4. The predicted molar refractivity (Wildman–Crippen MR) is 108 cm³/mol. The molecule has 0 heterocycles. The first-order valence-electron chi connectivity index (χ1n) is 9.52. The molecule has 1 atom stereocenters. The van der Waals surface area contributed by atoms with Crippen LogP contribution in [0.5, 0.6) is 0 Å². The van der Waals surface area contributed by atoms with Gasteiger partial charge in [-0.3, -0.25) is 0 Å². The molecule has 0 aliphatic heterocycles. The molecule has 0 amide bonds. The van der Waals surface area contributed by atoms with Gasteiger partial charge in [-0.25, -0.2) is 0 Å². The van der Waals surface area contributed by atoms with Crippen LogP contribution in [-0.4, -0.2) is 40.2 Å². The lowest BCUT2D eigenvalue weighted by Gasteiger charge is -2.46. The predicted octanol–water partition coefficient (Wildman–Crippen LogP) is 3.13. The van der Waals surface area contributed by atoms with Crippen molar-refractivity contribution in [1.29, 1.82) is 0 Å². The molecule has 0 aromatic heterocycles. The third kappa shape index (κ3) is 3.67. The van der Waals surface area contributed by atoms with Crippen LogP contribution in [-0.2, 0) is 5.60 Å². The normalized spacial score (nSPS) is 14.6.